The molecule has 0 radical (unpaired) electrons. The topological polar surface area (TPSA) is 71.3 Å². The Labute approximate surface area is 221 Å². The molecule has 3 aromatic rings. The molecule has 1 amide bonds. The number of ether oxygens (including phenoxy) is 2. The van der Waals surface area contributed by atoms with Crippen molar-refractivity contribution in [1.29, 1.82) is 5.26 Å². The fourth-order valence-corrected chi connectivity index (χ4v) is 3.88. The maximum atomic E-state index is 12.7. The molecule has 0 aliphatic heterocycles. The molecule has 0 spiro atoms. The van der Waals surface area contributed by atoms with Crippen LogP contribution >= 0.6 is 50.7 Å². The summed E-state index contributed by atoms with van der Waals surface area (Å²) >= 11 is 21.8. The van der Waals surface area contributed by atoms with E-state index in [1.165, 1.54) is 6.08 Å². The second kappa shape index (κ2) is 12.1. The Morgan fingerprint density at radius 2 is 1.76 bits per heavy atom. The van der Waals surface area contributed by atoms with Gasteiger partial charge in [0.1, 0.15) is 18.2 Å². The van der Waals surface area contributed by atoms with Crippen molar-refractivity contribution in [2.75, 3.05) is 11.9 Å². The van der Waals surface area contributed by atoms with Gasteiger partial charge < -0.3 is 14.8 Å². The molecular formula is C25H18BrCl3N2O3. The summed E-state index contributed by atoms with van der Waals surface area (Å²) in [5.74, 6) is 0.314. The molecule has 1 N–H and O–H groups in total. The summed E-state index contributed by atoms with van der Waals surface area (Å²) in [7, 11) is 0. The lowest BCUT2D eigenvalue weighted by atomic mass is 10.1. The van der Waals surface area contributed by atoms with Crippen LogP contribution in [-0.2, 0) is 11.4 Å². The molecule has 0 heterocycles. The number of benzene rings is 3. The molecule has 0 saturated heterocycles. The van der Waals surface area contributed by atoms with Gasteiger partial charge in [0.05, 0.1) is 22.3 Å². The number of hydrogen-bond acceptors (Lipinski definition) is 4. The van der Waals surface area contributed by atoms with Gasteiger partial charge in [-0.05, 0) is 48.9 Å². The van der Waals surface area contributed by atoms with Gasteiger partial charge >= 0.3 is 0 Å². The molecule has 5 nitrogen and oxygen atoms in total. The molecule has 3 rings (SSSR count). The number of amides is 1. The molecular weight excluding hydrogens is 563 g/mol. The first-order valence-electron chi connectivity index (χ1n) is 10.0. The summed E-state index contributed by atoms with van der Waals surface area (Å²) < 4.78 is 12.3. The average molecular weight is 581 g/mol. The molecule has 0 atom stereocenters. The van der Waals surface area contributed by atoms with Gasteiger partial charge in [0.2, 0.25) is 0 Å². The number of nitrogens with zero attached hydrogens (tertiary/aromatic N) is 1. The monoisotopic (exact) mass is 578 g/mol. The lowest BCUT2D eigenvalue weighted by Gasteiger charge is -2.15. The molecule has 34 heavy (non-hydrogen) atoms. The molecule has 0 saturated carbocycles. The van der Waals surface area contributed by atoms with Crippen molar-refractivity contribution in [3.63, 3.8) is 0 Å². The summed E-state index contributed by atoms with van der Waals surface area (Å²) in [5.41, 5.74) is 1.55. The Bertz CT molecular complexity index is 1290. The van der Waals surface area contributed by atoms with Crippen LogP contribution in [-0.4, -0.2) is 12.5 Å². The Morgan fingerprint density at radius 3 is 2.47 bits per heavy atom. The Morgan fingerprint density at radius 1 is 1.06 bits per heavy atom. The molecule has 0 aliphatic rings. The third kappa shape index (κ3) is 6.46. The van der Waals surface area contributed by atoms with Crippen LogP contribution in [0.25, 0.3) is 6.08 Å². The van der Waals surface area contributed by atoms with Gasteiger partial charge in [-0.1, -0.05) is 75.0 Å². The highest BCUT2D eigenvalue weighted by molar-refractivity contribution is 9.10. The second-order valence-corrected chi connectivity index (χ2v) is 8.91. The van der Waals surface area contributed by atoms with Gasteiger partial charge in [0.25, 0.3) is 5.91 Å². The summed E-state index contributed by atoms with van der Waals surface area (Å²) in [4.78, 5) is 12.7. The van der Waals surface area contributed by atoms with E-state index in [-0.39, 0.29) is 17.2 Å². The second-order valence-electron chi connectivity index (χ2n) is 6.86. The lowest BCUT2D eigenvalue weighted by Crippen LogP contribution is -2.13. The third-order valence-corrected chi connectivity index (χ3v) is 6.44. The van der Waals surface area contributed by atoms with E-state index < -0.39 is 5.91 Å². The fraction of sp³-hybridized carbons (Fsp3) is 0.120. The van der Waals surface area contributed by atoms with Gasteiger partial charge in [-0.25, -0.2) is 0 Å². The maximum Gasteiger partial charge on any atom is 0.266 e. The fourth-order valence-electron chi connectivity index (χ4n) is 2.91. The highest BCUT2D eigenvalue weighted by Crippen LogP contribution is 2.36. The maximum absolute atomic E-state index is 12.7. The van der Waals surface area contributed by atoms with Crippen LogP contribution in [0.2, 0.25) is 15.1 Å². The van der Waals surface area contributed by atoms with Crippen LogP contribution in [0.5, 0.6) is 11.5 Å². The smallest absolute Gasteiger partial charge is 0.266 e. The zero-order chi connectivity index (χ0) is 24.7. The van der Waals surface area contributed by atoms with Crippen LogP contribution in [0.1, 0.15) is 18.1 Å². The number of anilines is 1. The summed E-state index contributed by atoms with van der Waals surface area (Å²) in [6, 6.07) is 17.5. The van der Waals surface area contributed by atoms with Gasteiger partial charge in [0.15, 0.2) is 11.5 Å². The molecule has 0 bridgehead atoms. The van der Waals surface area contributed by atoms with Crippen molar-refractivity contribution in [2.24, 2.45) is 0 Å². The lowest BCUT2D eigenvalue weighted by molar-refractivity contribution is -0.112. The van der Waals surface area contributed by atoms with E-state index in [9.17, 15) is 10.1 Å². The molecule has 0 unspecified atom stereocenters. The van der Waals surface area contributed by atoms with E-state index >= 15 is 0 Å². The van der Waals surface area contributed by atoms with E-state index in [0.29, 0.717) is 43.9 Å². The predicted octanol–water partition coefficient (Wildman–Crippen LogP) is 7.93. The quantitative estimate of drug-likeness (QED) is 0.217. The first-order valence-corrected chi connectivity index (χ1v) is 12.0. The third-order valence-electron chi connectivity index (χ3n) is 4.57. The zero-order valence-corrected chi connectivity index (χ0v) is 21.7. The van der Waals surface area contributed by atoms with Gasteiger partial charge in [-0.3, -0.25) is 4.79 Å². The molecule has 174 valence electrons. The van der Waals surface area contributed by atoms with E-state index in [4.69, 9.17) is 44.3 Å². The van der Waals surface area contributed by atoms with Crippen molar-refractivity contribution >= 4 is 68.4 Å². The highest BCUT2D eigenvalue weighted by Gasteiger charge is 2.16. The molecule has 0 aromatic heterocycles. The summed E-state index contributed by atoms with van der Waals surface area (Å²) in [6.07, 6.45) is 1.44. The highest BCUT2D eigenvalue weighted by atomic mass is 79.9. The number of carbonyl (C=O) groups is 1. The summed E-state index contributed by atoms with van der Waals surface area (Å²) in [6.45, 7) is 2.48. The molecule has 3 aromatic carbocycles. The number of nitrogens with one attached hydrogen (secondary N) is 1. The number of halogens is 4. The van der Waals surface area contributed by atoms with Gasteiger partial charge in [-0.15, -0.1) is 0 Å². The number of nitriles is 1. The van der Waals surface area contributed by atoms with Crippen LogP contribution in [0.4, 0.5) is 5.69 Å². The minimum atomic E-state index is -0.629. The average Bonchev–Trinajstić information content (AvgIpc) is 2.82. The van der Waals surface area contributed by atoms with Crippen molar-refractivity contribution < 1.29 is 14.3 Å². The van der Waals surface area contributed by atoms with Crippen LogP contribution in [0, 0.1) is 11.3 Å². The number of carbonyl (C=O) groups excluding carboxylic acids is 1. The van der Waals surface area contributed by atoms with Gasteiger partial charge in [-0.2, -0.15) is 5.26 Å². The largest absolute Gasteiger partial charge is 0.490 e. The molecule has 0 aliphatic carbocycles. The normalized spacial score (nSPS) is 11.0. The minimum absolute atomic E-state index is 0.135. The van der Waals surface area contributed by atoms with E-state index in [2.05, 4.69) is 21.2 Å². The Balaban J connectivity index is 1.88. The van der Waals surface area contributed by atoms with E-state index in [1.807, 2.05) is 31.2 Å². The van der Waals surface area contributed by atoms with Crippen LogP contribution in [0.15, 0.2) is 64.6 Å². The Kier molecular flexibility index (Phi) is 9.26. The first-order chi connectivity index (χ1) is 16.3. The standard InChI is InChI=1S/C25H18BrCl3N2O3/c1-2-33-22-11-16(18(26)12-23(22)34-14-15-6-3-4-7-19(15)27)10-17(13-30)25(32)31-21-9-5-8-20(28)24(21)29/h3-12H,2,14H2,1H3,(H,31,32)/b17-10-. The van der Waals surface area contributed by atoms with Crippen molar-refractivity contribution in [2.45, 2.75) is 13.5 Å². The van der Waals surface area contributed by atoms with E-state index in [1.54, 1.807) is 36.4 Å². The van der Waals surface area contributed by atoms with Crippen molar-refractivity contribution in [3.05, 3.63) is 90.8 Å². The minimum Gasteiger partial charge on any atom is -0.490 e. The Hall–Kier alpha value is -2.69. The van der Waals surface area contributed by atoms with E-state index in [0.717, 1.165) is 5.56 Å². The molecule has 0 fully saturated rings. The van der Waals surface area contributed by atoms with Crippen molar-refractivity contribution in [3.8, 4) is 17.6 Å². The predicted molar refractivity (Wildman–Crippen MR) is 140 cm³/mol. The molecule has 9 heteroatoms. The zero-order valence-electron chi connectivity index (χ0n) is 17.9. The number of hydrogen-bond donors (Lipinski definition) is 1. The summed E-state index contributed by atoms with van der Waals surface area (Å²) in [5, 5.41) is 13.3. The van der Waals surface area contributed by atoms with Crippen molar-refractivity contribution in [1.82, 2.24) is 0 Å². The van der Waals surface area contributed by atoms with Gasteiger partial charge in [0, 0.05) is 15.1 Å². The van der Waals surface area contributed by atoms with Crippen LogP contribution < -0.4 is 14.8 Å². The SMILES string of the molecule is CCOc1cc(/C=C(/C#N)C(=O)Nc2cccc(Cl)c2Cl)c(Br)cc1OCc1ccccc1Cl. The van der Waals surface area contributed by atoms with Crippen LogP contribution in [0.3, 0.4) is 0 Å². The first kappa shape index (κ1) is 25.9. The number of rotatable bonds is 8.